The van der Waals surface area contributed by atoms with E-state index in [-0.39, 0.29) is 29.8 Å². The summed E-state index contributed by atoms with van der Waals surface area (Å²) in [6, 6.07) is -0.305. The van der Waals surface area contributed by atoms with Crippen LogP contribution in [0.3, 0.4) is 0 Å². The van der Waals surface area contributed by atoms with Gasteiger partial charge >= 0.3 is 0 Å². The maximum absolute atomic E-state index is 11.9. The Hall–Kier alpha value is -0.760. The summed E-state index contributed by atoms with van der Waals surface area (Å²) in [7, 11) is 0. The average molecular weight is 307 g/mol. The molecule has 2 heterocycles. The Morgan fingerprint density at radius 2 is 2.21 bits per heavy atom. The second-order valence-corrected chi connectivity index (χ2v) is 6.21. The van der Waals surface area contributed by atoms with Gasteiger partial charge in [-0.15, -0.1) is 22.6 Å². The van der Waals surface area contributed by atoms with Gasteiger partial charge in [0.15, 0.2) is 0 Å². The molecular formula is C11H19ClN4O2S. The minimum Gasteiger partial charge on any atom is -0.378 e. The van der Waals surface area contributed by atoms with Gasteiger partial charge in [-0.2, -0.15) is 0 Å². The molecule has 1 aromatic heterocycles. The quantitative estimate of drug-likeness (QED) is 0.858. The summed E-state index contributed by atoms with van der Waals surface area (Å²) in [5, 5.41) is 15.4. The molecule has 6 nitrogen and oxygen atoms in total. The highest BCUT2D eigenvalue weighted by atomic mass is 35.5. The molecule has 1 aromatic rings. The largest absolute Gasteiger partial charge is 0.378 e. The van der Waals surface area contributed by atoms with Gasteiger partial charge in [-0.25, -0.2) is 0 Å². The van der Waals surface area contributed by atoms with E-state index in [1.165, 1.54) is 11.3 Å². The number of anilines is 1. The molecule has 0 saturated carbocycles. The zero-order valence-electron chi connectivity index (χ0n) is 11.2. The molecule has 0 radical (unpaired) electrons. The highest BCUT2D eigenvalue weighted by Gasteiger charge is 2.24. The molecule has 2 N–H and O–H groups in total. The van der Waals surface area contributed by atoms with E-state index in [1.807, 2.05) is 0 Å². The Labute approximate surface area is 122 Å². The molecule has 1 fully saturated rings. The van der Waals surface area contributed by atoms with Crippen molar-refractivity contribution in [3.8, 4) is 0 Å². The van der Waals surface area contributed by atoms with Crippen molar-refractivity contribution in [2.45, 2.75) is 32.2 Å². The zero-order chi connectivity index (χ0) is 13.2. The molecule has 1 aliphatic rings. The summed E-state index contributed by atoms with van der Waals surface area (Å²) in [5.74, 6) is -0.119. The number of rotatable bonds is 2. The van der Waals surface area contributed by atoms with Crippen molar-refractivity contribution < 1.29 is 9.53 Å². The van der Waals surface area contributed by atoms with Gasteiger partial charge in [0.05, 0.1) is 13.2 Å². The number of ether oxygens (including phenoxy) is 1. The van der Waals surface area contributed by atoms with Crippen LogP contribution in [0.1, 0.15) is 25.8 Å². The van der Waals surface area contributed by atoms with E-state index in [9.17, 15) is 4.79 Å². The van der Waals surface area contributed by atoms with Gasteiger partial charge in [-0.1, -0.05) is 32.1 Å². The highest BCUT2D eigenvalue weighted by molar-refractivity contribution is 7.15. The average Bonchev–Trinajstić information content (AvgIpc) is 2.78. The highest BCUT2D eigenvalue weighted by Crippen LogP contribution is 2.27. The zero-order valence-corrected chi connectivity index (χ0v) is 12.9. The molecule has 1 atom stereocenters. The van der Waals surface area contributed by atoms with E-state index in [1.54, 1.807) is 0 Å². The van der Waals surface area contributed by atoms with Crippen LogP contribution in [0.15, 0.2) is 0 Å². The second-order valence-electron chi connectivity index (χ2n) is 5.23. The number of carbonyl (C=O) groups is 1. The van der Waals surface area contributed by atoms with Crippen LogP contribution in [0.5, 0.6) is 0 Å². The number of morpholine rings is 1. The summed E-state index contributed by atoms with van der Waals surface area (Å²) in [4.78, 5) is 11.9. The number of halogens is 1. The van der Waals surface area contributed by atoms with Crippen LogP contribution >= 0.6 is 23.7 Å². The Kier molecular flexibility index (Phi) is 5.66. The number of amides is 1. The molecule has 0 spiro atoms. The summed E-state index contributed by atoms with van der Waals surface area (Å²) >= 11 is 1.41. The standard InChI is InChI=1S/C11H18N4O2S.ClH/c1-11(2,3)9-14-15-10(18-9)13-8(16)7-6-17-5-4-12-7;/h7,12H,4-6H2,1-3H3,(H,13,15,16);1H. The van der Waals surface area contributed by atoms with Crippen molar-refractivity contribution >= 4 is 34.8 Å². The molecule has 1 amide bonds. The first kappa shape index (κ1) is 16.3. The fraction of sp³-hybridized carbons (Fsp3) is 0.727. The first-order valence-electron chi connectivity index (χ1n) is 5.93. The summed E-state index contributed by atoms with van der Waals surface area (Å²) < 4.78 is 5.24. The van der Waals surface area contributed by atoms with E-state index in [0.29, 0.717) is 24.9 Å². The number of hydrogen-bond acceptors (Lipinski definition) is 6. The lowest BCUT2D eigenvalue weighted by atomic mass is 9.98. The van der Waals surface area contributed by atoms with Gasteiger partial charge in [0.25, 0.3) is 0 Å². The lowest BCUT2D eigenvalue weighted by Gasteiger charge is -2.22. The number of nitrogens with one attached hydrogen (secondary N) is 2. The number of hydrogen-bond donors (Lipinski definition) is 2. The van der Waals surface area contributed by atoms with Crippen LogP contribution in [0.2, 0.25) is 0 Å². The van der Waals surface area contributed by atoms with Gasteiger partial charge in [-0.05, 0) is 0 Å². The first-order chi connectivity index (χ1) is 8.47. The topological polar surface area (TPSA) is 76.1 Å². The Morgan fingerprint density at radius 3 is 2.74 bits per heavy atom. The van der Waals surface area contributed by atoms with Crippen LogP contribution in [0.25, 0.3) is 0 Å². The summed E-state index contributed by atoms with van der Waals surface area (Å²) in [6.45, 7) is 7.94. The van der Waals surface area contributed by atoms with E-state index in [2.05, 4.69) is 41.6 Å². The van der Waals surface area contributed by atoms with Gasteiger partial charge in [0.2, 0.25) is 11.0 Å². The lowest BCUT2D eigenvalue weighted by molar-refractivity contribution is -0.120. The molecule has 8 heteroatoms. The smallest absolute Gasteiger partial charge is 0.245 e. The molecule has 19 heavy (non-hydrogen) atoms. The molecule has 1 aliphatic heterocycles. The van der Waals surface area contributed by atoms with Crippen LogP contribution in [0.4, 0.5) is 5.13 Å². The third-order valence-electron chi connectivity index (χ3n) is 2.53. The van der Waals surface area contributed by atoms with Gasteiger partial charge in [-0.3, -0.25) is 10.1 Å². The molecule has 1 saturated heterocycles. The molecule has 1 unspecified atom stereocenters. The lowest BCUT2D eigenvalue weighted by Crippen LogP contribution is -2.48. The van der Waals surface area contributed by atoms with Crippen LogP contribution < -0.4 is 10.6 Å². The van der Waals surface area contributed by atoms with Crippen LogP contribution in [-0.4, -0.2) is 41.9 Å². The predicted octanol–water partition coefficient (Wildman–Crippen LogP) is 1.18. The minimum atomic E-state index is -0.305. The Morgan fingerprint density at radius 1 is 1.47 bits per heavy atom. The minimum absolute atomic E-state index is 0. The van der Waals surface area contributed by atoms with Gasteiger partial charge in [0, 0.05) is 12.0 Å². The van der Waals surface area contributed by atoms with E-state index >= 15 is 0 Å². The number of carbonyl (C=O) groups excluding carboxylic acids is 1. The fourth-order valence-electron chi connectivity index (χ4n) is 1.50. The van der Waals surface area contributed by atoms with Crippen LogP contribution in [-0.2, 0) is 14.9 Å². The normalized spacial score (nSPS) is 19.6. The van der Waals surface area contributed by atoms with Crippen LogP contribution in [0, 0.1) is 0 Å². The Balaban J connectivity index is 0.00000180. The molecule has 0 bridgehead atoms. The van der Waals surface area contributed by atoms with E-state index in [0.717, 1.165) is 5.01 Å². The molecule has 0 aromatic carbocycles. The SMILES string of the molecule is CC(C)(C)c1nnc(NC(=O)C2COCCN2)s1.Cl. The van der Waals surface area contributed by atoms with E-state index in [4.69, 9.17) is 4.74 Å². The number of aromatic nitrogens is 2. The Bertz CT molecular complexity index is 427. The molecule has 2 rings (SSSR count). The molecule has 108 valence electrons. The third-order valence-corrected chi connectivity index (χ3v) is 3.80. The van der Waals surface area contributed by atoms with E-state index < -0.39 is 0 Å². The van der Waals surface area contributed by atoms with Crippen molar-refractivity contribution in [3.63, 3.8) is 0 Å². The van der Waals surface area contributed by atoms with Gasteiger partial charge < -0.3 is 10.1 Å². The maximum Gasteiger partial charge on any atom is 0.245 e. The summed E-state index contributed by atoms with van der Waals surface area (Å²) in [6.07, 6.45) is 0. The molecular weight excluding hydrogens is 288 g/mol. The predicted molar refractivity (Wildman–Crippen MR) is 77.1 cm³/mol. The maximum atomic E-state index is 11.9. The van der Waals surface area contributed by atoms with Crippen molar-refractivity contribution in [1.82, 2.24) is 15.5 Å². The van der Waals surface area contributed by atoms with Gasteiger partial charge in [0.1, 0.15) is 11.0 Å². The summed E-state index contributed by atoms with van der Waals surface area (Å²) in [5.41, 5.74) is -0.0488. The van der Waals surface area contributed by atoms with Crippen molar-refractivity contribution in [2.24, 2.45) is 0 Å². The van der Waals surface area contributed by atoms with Crippen molar-refractivity contribution in [1.29, 1.82) is 0 Å². The third kappa shape index (κ3) is 4.38. The second kappa shape index (κ2) is 6.60. The number of nitrogens with zero attached hydrogens (tertiary/aromatic N) is 2. The molecule has 0 aliphatic carbocycles. The van der Waals surface area contributed by atoms with Crippen molar-refractivity contribution in [3.05, 3.63) is 5.01 Å². The monoisotopic (exact) mass is 306 g/mol. The van der Waals surface area contributed by atoms with Crippen molar-refractivity contribution in [2.75, 3.05) is 25.1 Å². The fourth-order valence-corrected chi connectivity index (χ4v) is 2.31. The first-order valence-corrected chi connectivity index (χ1v) is 6.74.